The van der Waals surface area contributed by atoms with Gasteiger partial charge in [0.15, 0.2) is 0 Å². The number of nitrogens with one attached hydrogen (secondary N) is 3. The highest BCUT2D eigenvalue weighted by atomic mass is 16.5. The van der Waals surface area contributed by atoms with E-state index < -0.39 is 0 Å². The second kappa shape index (κ2) is 8.36. The van der Waals surface area contributed by atoms with Crippen LogP contribution in [0, 0.1) is 0 Å². The van der Waals surface area contributed by atoms with Crippen LogP contribution in [0.2, 0.25) is 0 Å². The zero-order chi connectivity index (χ0) is 17.5. The Kier molecular flexibility index (Phi) is 5.71. The summed E-state index contributed by atoms with van der Waals surface area (Å²) in [7, 11) is 0. The van der Waals surface area contributed by atoms with Crippen molar-refractivity contribution in [2.24, 2.45) is 0 Å². The maximum atomic E-state index is 12.2. The predicted molar refractivity (Wildman–Crippen MR) is 94.5 cm³/mol. The molecular formula is C18H20N4O3. The van der Waals surface area contributed by atoms with Crippen LogP contribution in [0.15, 0.2) is 48.8 Å². The fourth-order valence-electron chi connectivity index (χ4n) is 2.57. The van der Waals surface area contributed by atoms with Crippen molar-refractivity contribution in [1.82, 2.24) is 10.3 Å². The number of morpholine rings is 1. The van der Waals surface area contributed by atoms with E-state index in [9.17, 15) is 9.59 Å². The van der Waals surface area contributed by atoms with Gasteiger partial charge in [0.1, 0.15) is 0 Å². The van der Waals surface area contributed by atoms with Crippen LogP contribution in [0.3, 0.4) is 0 Å². The summed E-state index contributed by atoms with van der Waals surface area (Å²) in [6.45, 7) is 1.97. The first-order valence-corrected chi connectivity index (χ1v) is 8.13. The molecule has 7 nitrogen and oxygen atoms in total. The van der Waals surface area contributed by atoms with Gasteiger partial charge in [0, 0.05) is 48.3 Å². The van der Waals surface area contributed by atoms with Crippen LogP contribution in [-0.4, -0.2) is 42.6 Å². The molecule has 3 rings (SSSR count). The highest BCUT2D eigenvalue weighted by Gasteiger charge is 2.17. The predicted octanol–water partition coefficient (Wildman–Crippen LogP) is 1.65. The summed E-state index contributed by atoms with van der Waals surface area (Å²) in [5.41, 5.74) is 1.76. The van der Waals surface area contributed by atoms with E-state index in [0.717, 1.165) is 6.54 Å². The zero-order valence-electron chi connectivity index (χ0n) is 13.7. The topological polar surface area (TPSA) is 92.4 Å². The number of hydrogen-bond acceptors (Lipinski definition) is 5. The van der Waals surface area contributed by atoms with Gasteiger partial charge in [0.05, 0.1) is 13.2 Å². The quantitative estimate of drug-likeness (QED) is 0.770. The number of aromatic nitrogens is 1. The second-order valence-corrected chi connectivity index (χ2v) is 5.75. The van der Waals surface area contributed by atoms with E-state index in [-0.39, 0.29) is 17.9 Å². The van der Waals surface area contributed by atoms with Gasteiger partial charge in [-0.05, 0) is 30.3 Å². The van der Waals surface area contributed by atoms with Gasteiger partial charge in [-0.15, -0.1) is 0 Å². The summed E-state index contributed by atoms with van der Waals surface area (Å²) in [5.74, 6) is -0.324. The highest BCUT2D eigenvalue weighted by molar-refractivity contribution is 6.04. The molecule has 7 heteroatoms. The number of nitrogens with zero attached hydrogens (tertiary/aromatic N) is 1. The van der Waals surface area contributed by atoms with E-state index in [1.807, 2.05) is 0 Å². The first-order valence-electron chi connectivity index (χ1n) is 8.13. The second-order valence-electron chi connectivity index (χ2n) is 5.75. The van der Waals surface area contributed by atoms with Gasteiger partial charge in [-0.25, -0.2) is 0 Å². The lowest BCUT2D eigenvalue weighted by atomic mass is 10.2. The highest BCUT2D eigenvalue weighted by Crippen LogP contribution is 2.16. The average Bonchev–Trinajstić information content (AvgIpc) is 2.63. The van der Waals surface area contributed by atoms with Crippen molar-refractivity contribution in [3.8, 4) is 0 Å². The number of ether oxygens (including phenoxy) is 1. The molecule has 1 aromatic heterocycles. The molecule has 1 aliphatic rings. The molecule has 2 aromatic rings. The smallest absolute Gasteiger partial charge is 0.255 e. The Morgan fingerprint density at radius 1 is 1.16 bits per heavy atom. The molecule has 2 amide bonds. The minimum absolute atomic E-state index is 0.0309. The molecule has 1 fully saturated rings. The van der Waals surface area contributed by atoms with Crippen molar-refractivity contribution in [3.05, 3.63) is 54.4 Å². The number of rotatable bonds is 5. The Morgan fingerprint density at radius 3 is 2.64 bits per heavy atom. The molecule has 0 radical (unpaired) electrons. The van der Waals surface area contributed by atoms with Gasteiger partial charge >= 0.3 is 0 Å². The van der Waals surface area contributed by atoms with E-state index in [1.165, 1.54) is 0 Å². The summed E-state index contributed by atoms with van der Waals surface area (Å²) in [6, 6.07) is 10.4. The zero-order valence-corrected chi connectivity index (χ0v) is 13.7. The van der Waals surface area contributed by atoms with Crippen LogP contribution in [0.4, 0.5) is 11.4 Å². The van der Waals surface area contributed by atoms with E-state index in [2.05, 4.69) is 20.9 Å². The lowest BCUT2D eigenvalue weighted by Gasteiger charge is -2.23. The molecule has 1 atom stereocenters. The molecule has 0 saturated carbocycles. The van der Waals surface area contributed by atoms with Crippen LogP contribution in [0.5, 0.6) is 0 Å². The van der Waals surface area contributed by atoms with Crippen LogP contribution in [0.25, 0.3) is 0 Å². The normalized spacial score (nSPS) is 16.9. The monoisotopic (exact) mass is 340 g/mol. The summed E-state index contributed by atoms with van der Waals surface area (Å²) >= 11 is 0. The molecule has 130 valence electrons. The van der Waals surface area contributed by atoms with Crippen LogP contribution in [-0.2, 0) is 9.53 Å². The Morgan fingerprint density at radius 2 is 1.92 bits per heavy atom. The van der Waals surface area contributed by atoms with E-state index in [0.29, 0.717) is 36.6 Å². The van der Waals surface area contributed by atoms with Crippen LogP contribution < -0.4 is 16.0 Å². The number of hydrogen-bond donors (Lipinski definition) is 3. The standard InChI is InChI=1S/C18H20N4O3/c23-17(11-16-12-25-9-8-20-16)21-14-2-1-3-15(10-14)22-18(24)13-4-6-19-7-5-13/h1-7,10,16,20H,8-9,11-12H2,(H,21,23)(H,22,24). The van der Waals surface area contributed by atoms with Crippen LogP contribution >= 0.6 is 0 Å². The number of carbonyl (C=O) groups is 2. The van der Waals surface area contributed by atoms with Crippen molar-refractivity contribution >= 4 is 23.2 Å². The fraction of sp³-hybridized carbons (Fsp3) is 0.278. The lowest BCUT2D eigenvalue weighted by Crippen LogP contribution is -2.43. The Hall–Kier alpha value is -2.77. The summed E-state index contributed by atoms with van der Waals surface area (Å²) in [5, 5.41) is 8.89. The van der Waals surface area contributed by atoms with Gasteiger partial charge in [-0.3, -0.25) is 14.6 Å². The largest absolute Gasteiger partial charge is 0.378 e. The maximum absolute atomic E-state index is 12.2. The molecule has 0 spiro atoms. The van der Waals surface area contributed by atoms with Crippen LogP contribution in [0.1, 0.15) is 16.8 Å². The molecular weight excluding hydrogens is 320 g/mol. The fourth-order valence-corrected chi connectivity index (χ4v) is 2.57. The molecule has 2 heterocycles. The van der Waals surface area contributed by atoms with Crippen molar-refractivity contribution < 1.29 is 14.3 Å². The number of amides is 2. The molecule has 3 N–H and O–H groups in total. The van der Waals surface area contributed by atoms with Crippen molar-refractivity contribution in [3.63, 3.8) is 0 Å². The molecule has 1 saturated heterocycles. The third kappa shape index (κ3) is 5.10. The van der Waals surface area contributed by atoms with E-state index in [4.69, 9.17) is 4.74 Å². The van der Waals surface area contributed by atoms with Crippen molar-refractivity contribution in [2.45, 2.75) is 12.5 Å². The Balaban J connectivity index is 1.57. The van der Waals surface area contributed by atoms with Gasteiger partial charge in [0.25, 0.3) is 5.91 Å². The maximum Gasteiger partial charge on any atom is 0.255 e. The molecule has 0 bridgehead atoms. The number of benzene rings is 1. The molecule has 25 heavy (non-hydrogen) atoms. The summed E-state index contributed by atoms with van der Waals surface area (Å²) in [6.07, 6.45) is 3.47. The van der Waals surface area contributed by atoms with Gasteiger partial charge in [0.2, 0.25) is 5.91 Å². The minimum atomic E-state index is -0.227. The van der Waals surface area contributed by atoms with Gasteiger partial charge < -0.3 is 20.7 Å². The molecule has 1 aliphatic heterocycles. The van der Waals surface area contributed by atoms with Gasteiger partial charge in [-0.1, -0.05) is 6.07 Å². The Bertz CT molecular complexity index is 730. The Labute approximate surface area is 145 Å². The number of anilines is 2. The molecule has 1 aromatic carbocycles. The summed E-state index contributed by atoms with van der Waals surface area (Å²) in [4.78, 5) is 28.2. The molecule has 0 aliphatic carbocycles. The van der Waals surface area contributed by atoms with Crippen molar-refractivity contribution in [1.29, 1.82) is 0 Å². The van der Waals surface area contributed by atoms with E-state index >= 15 is 0 Å². The third-order valence-electron chi connectivity index (χ3n) is 3.78. The average molecular weight is 340 g/mol. The number of carbonyl (C=O) groups excluding carboxylic acids is 2. The van der Waals surface area contributed by atoms with Crippen molar-refractivity contribution in [2.75, 3.05) is 30.4 Å². The SMILES string of the molecule is O=C(CC1COCCN1)Nc1cccc(NC(=O)c2ccncc2)c1. The van der Waals surface area contributed by atoms with E-state index in [1.54, 1.807) is 48.8 Å². The first-order chi connectivity index (χ1) is 12.2. The van der Waals surface area contributed by atoms with Gasteiger partial charge in [-0.2, -0.15) is 0 Å². The number of pyridine rings is 1. The first kappa shape index (κ1) is 17.1. The lowest BCUT2D eigenvalue weighted by molar-refractivity contribution is -0.117. The molecule has 1 unspecified atom stereocenters. The summed E-state index contributed by atoms with van der Waals surface area (Å²) < 4.78 is 5.34. The minimum Gasteiger partial charge on any atom is -0.378 e. The third-order valence-corrected chi connectivity index (χ3v) is 3.78.